The Labute approximate surface area is 165 Å². The zero-order valence-electron chi connectivity index (χ0n) is 16.1. The van der Waals surface area contributed by atoms with Crippen LogP contribution >= 0.6 is 0 Å². The van der Waals surface area contributed by atoms with Gasteiger partial charge < -0.3 is 19.7 Å². The Bertz CT molecular complexity index is 820. The van der Waals surface area contributed by atoms with Crippen LogP contribution < -0.4 is 5.32 Å². The van der Waals surface area contributed by atoms with Crippen LogP contribution in [0.2, 0.25) is 0 Å². The Morgan fingerprint density at radius 1 is 1.18 bits per heavy atom. The fourth-order valence-electron chi connectivity index (χ4n) is 4.18. The monoisotopic (exact) mass is 381 g/mol. The molecule has 3 heterocycles. The van der Waals surface area contributed by atoms with Crippen LogP contribution in [0.25, 0.3) is 5.69 Å². The minimum absolute atomic E-state index is 0.0265. The van der Waals surface area contributed by atoms with Crippen molar-refractivity contribution < 1.29 is 9.59 Å². The molecule has 7 nitrogen and oxygen atoms in total. The molecule has 0 aliphatic carbocycles. The molecule has 3 amide bonds. The molecule has 2 aliphatic heterocycles. The molecule has 2 fully saturated rings. The fraction of sp³-hybridized carbons (Fsp3) is 0.476. The predicted molar refractivity (Wildman–Crippen MR) is 106 cm³/mol. The Hall–Kier alpha value is -2.83. The summed E-state index contributed by atoms with van der Waals surface area (Å²) in [5.74, 6) is 0.278. The molecule has 2 saturated heterocycles. The van der Waals surface area contributed by atoms with Gasteiger partial charge in [-0.1, -0.05) is 12.1 Å². The molecule has 2 aliphatic rings. The molecule has 0 radical (unpaired) electrons. The predicted octanol–water partition coefficient (Wildman–Crippen LogP) is 2.56. The minimum atomic E-state index is -0.0265. The number of imidazole rings is 1. The van der Waals surface area contributed by atoms with E-state index in [4.69, 9.17) is 0 Å². The molecule has 1 atom stereocenters. The van der Waals surface area contributed by atoms with Crippen molar-refractivity contribution in [2.24, 2.45) is 0 Å². The average Bonchev–Trinajstić information content (AvgIpc) is 3.34. The van der Waals surface area contributed by atoms with Gasteiger partial charge in [-0.15, -0.1) is 0 Å². The minimum Gasteiger partial charge on any atom is -0.340 e. The van der Waals surface area contributed by atoms with E-state index < -0.39 is 0 Å². The van der Waals surface area contributed by atoms with Gasteiger partial charge in [-0.25, -0.2) is 9.78 Å². The maximum Gasteiger partial charge on any atom is 0.317 e. The van der Waals surface area contributed by atoms with Crippen LogP contribution in [0.3, 0.4) is 0 Å². The number of carbonyl (C=O) groups is 2. The fourth-order valence-corrected chi connectivity index (χ4v) is 4.18. The first kappa shape index (κ1) is 18.5. The van der Waals surface area contributed by atoms with Crippen molar-refractivity contribution in [3.8, 4) is 5.69 Å². The summed E-state index contributed by atoms with van der Waals surface area (Å²) in [5, 5.41) is 3.04. The van der Waals surface area contributed by atoms with Crippen LogP contribution in [0.15, 0.2) is 43.0 Å². The molecule has 28 heavy (non-hydrogen) atoms. The highest BCUT2D eigenvalue weighted by atomic mass is 16.2. The molecule has 148 valence electrons. The number of benzene rings is 1. The SMILES string of the molecule is O=C(NCc1cccc(-n2ccnc2)c1)N1CCCC(N2CCCC2=O)CC1. The van der Waals surface area contributed by atoms with Crippen LogP contribution in [0.4, 0.5) is 4.79 Å². The molecule has 0 saturated carbocycles. The molecule has 0 spiro atoms. The first-order valence-corrected chi connectivity index (χ1v) is 10.1. The van der Waals surface area contributed by atoms with Crippen molar-refractivity contribution >= 4 is 11.9 Å². The lowest BCUT2D eigenvalue weighted by Gasteiger charge is -2.27. The maximum atomic E-state index is 12.6. The van der Waals surface area contributed by atoms with Crippen LogP contribution in [-0.2, 0) is 11.3 Å². The van der Waals surface area contributed by atoms with E-state index in [1.54, 1.807) is 12.5 Å². The van der Waals surface area contributed by atoms with Gasteiger partial charge in [0.15, 0.2) is 0 Å². The number of carbonyl (C=O) groups excluding carboxylic acids is 2. The summed E-state index contributed by atoms with van der Waals surface area (Å²) < 4.78 is 1.94. The zero-order valence-corrected chi connectivity index (χ0v) is 16.1. The molecule has 0 bridgehead atoms. The van der Waals surface area contributed by atoms with Crippen molar-refractivity contribution in [1.29, 1.82) is 0 Å². The summed E-state index contributed by atoms with van der Waals surface area (Å²) in [6.07, 6.45) is 9.86. The van der Waals surface area contributed by atoms with Gasteiger partial charge in [-0.05, 0) is 43.4 Å². The van der Waals surface area contributed by atoms with Crippen molar-refractivity contribution in [3.63, 3.8) is 0 Å². The van der Waals surface area contributed by atoms with E-state index in [2.05, 4.69) is 16.4 Å². The Morgan fingerprint density at radius 3 is 2.89 bits per heavy atom. The molecular weight excluding hydrogens is 354 g/mol. The topological polar surface area (TPSA) is 70.5 Å². The Kier molecular flexibility index (Phi) is 5.60. The van der Waals surface area contributed by atoms with Crippen LogP contribution in [0.5, 0.6) is 0 Å². The molecule has 1 aromatic carbocycles. The van der Waals surface area contributed by atoms with Crippen molar-refractivity contribution in [2.75, 3.05) is 19.6 Å². The van der Waals surface area contributed by atoms with Crippen LogP contribution in [-0.4, -0.2) is 57.0 Å². The Balaban J connectivity index is 1.30. The average molecular weight is 381 g/mol. The number of nitrogens with one attached hydrogen (secondary N) is 1. The summed E-state index contributed by atoms with van der Waals surface area (Å²) in [6.45, 7) is 2.82. The Morgan fingerprint density at radius 2 is 2.11 bits per heavy atom. The maximum absolute atomic E-state index is 12.6. The zero-order chi connectivity index (χ0) is 19.3. The molecule has 2 aromatic rings. The van der Waals surface area contributed by atoms with E-state index in [1.165, 1.54) is 0 Å². The second kappa shape index (κ2) is 8.46. The summed E-state index contributed by atoms with van der Waals surface area (Å²) in [6, 6.07) is 8.33. The number of likely N-dealkylation sites (tertiary alicyclic amines) is 2. The smallest absolute Gasteiger partial charge is 0.317 e. The third-order valence-electron chi connectivity index (χ3n) is 5.69. The van der Waals surface area contributed by atoms with Gasteiger partial charge in [0, 0.05) is 56.7 Å². The third kappa shape index (κ3) is 4.18. The lowest BCUT2D eigenvalue weighted by molar-refractivity contribution is -0.129. The van der Waals surface area contributed by atoms with Crippen molar-refractivity contribution in [2.45, 2.75) is 44.7 Å². The van der Waals surface area contributed by atoms with E-state index in [0.717, 1.165) is 50.0 Å². The standard InChI is InChI=1S/C21H27N5O2/c27-20-7-3-11-26(20)18-6-2-10-24(12-8-18)21(28)23-15-17-4-1-5-19(14-17)25-13-9-22-16-25/h1,4-5,9,13-14,16,18H,2-3,6-8,10-12,15H2,(H,23,28). The van der Waals surface area contributed by atoms with E-state index in [9.17, 15) is 9.59 Å². The van der Waals surface area contributed by atoms with Crippen molar-refractivity contribution in [1.82, 2.24) is 24.7 Å². The van der Waals surface area contributed by atoms with E-state index in [1.807, 2.05) is 38.8 Å². The number of hydrogen-bond donors (Lipinski definition) is 1. The van der Waals surface area contributed by atoms with Gasteiger partial charge in [-0.2, -0.15) is 0 Å². The number of urea groups is 1. The van der Waals surface area contributed by atoms with Gasteiger partial charge in [0.05, 0.1) is 6.33 Å². The summed E-state index contributed by atoms with van der Waals surface area (Å²) in [4.78, 5) is 32.6. The number of nitrogens with zero attached hydrogens (tertiary/aromatic N) is 4. The van der Waals surface area contributed by atoms with Crippen molar-refractivity contribution in [3.05, 3.63) is 48.5 Å². The van der Waals surface area contributed by atoms with Gasteiger partial charge >= 0.3 is 6.03 Å². The third-order valence-corrected chi connectivity index (χ3v) is 5.69. The summed E-state index contributed by atoms with van der Waals surface area (Å²) in [5.41, 5.74) is 2.08. The highest BCUT2D eigenvalue weighted by Gasteiger charge is 2.30. The molecule has 1 aromatic heterocycles. The normalized spacial score (nSPS) is 20.3. The van der Waals surface area contributed by atoms with Gasteiger partial charge in [-0.3, -0.25) is 4.79 Å². The molecule has 7 heteroatoms. The largest absolute Gasteiger partial charge is 0.340 e. The first-order valence-electron chi connectivity index (χ1n) is 10.1. The van der Waals surface area contributed by atoms with Gasteiger partial charge in [0.25, 0.3) is 0 Å². The van der Waals surface area contributed by atoms with Gasteiger partial charge in [0.2, 0.25) is 5.91 Å². The lowest BCUT2D eigenvalue weighted by Crippen LogP contribution is -2.41. The second-order valence-corrected chi connectivity index (χ2v) is 7.56. The van der Waals surface area contributed by atoms with E-state index >= 15 is 0 Å². The summed E-state index contributed by atoms with van der Waals surface area (Å²) in [7, 11) is 0. The second-order valence-electron chi connectivity index (χ2n) is 7.56. The van der Waals surface area contributed by atoms with Crippen LogP contribution in [0.1, 0.15) is 37.7 Å². The van der Waals surface area contributed by atoms with E-state index in [-0.39, 0.29) is 11.9 Å². The van der Waals surface area contributed by atoms with E-state index in [0.29, 0.717) is 25.6 Å². The number of aromatic nitrogens is 2. The van der Waals surface area contributed by atoms with Gasteiger partial charge in [0.1, 0.15) is 0 Å². The quantitative estimate of drug-likeness (QED) is 0.885. The summed E-state index contributed by atoms with van der Waals surface area (Å²) >= 11 is 0. The first-order chi connectivity index (χ1) is 13.7. The number of rotatable bonds is 4. The molecule has 4 rings (SSSR count). The lowest BCUT2D eigenvalue weighted by atomic mass is 10.1. The molecule has 1 N–H and O–H groups in total. The molecular formula is C21H27N5O2. The number of hydrogen-bond acceptors (Lipinski definition) is 3. The highest BCUT2D eigenvalue weighted by Crippen LogP contribution is 2.22. The van der Waals surface area contributed by atoms with Crippen LogP contribution in [0, 0.1) is 0 Å². The number of amides is 3. The highest BCUT2D eigenvalue weighted by molar-refractivity contribution is 5.78. The molecule has 1 unspecified atom stereocenters.